The fourth-order valence-corrected chi connectivity index (χ4v) is 1.57. The Balaban J connectivity index is 4.44. The van der Waals surface area contributed by atoms with Gasteiger partial charge in [0.25, 0.3) is 0 Å². The van der Waals surface area contributed by atoms with Gasteiger partial charge in [0.1, 0.15) is 12.1 Å². The average molecular weight is 256 g/mol. The van der Waals surface area contributed by atoms with Gasteiger partial charge < -0.3 is 22.1 Å². The number of amides is 2. The first kappa shape index (κ1) is 16.4. The third-order valence-corrected chi connectivity index (χ3v) is 2.60. The summed E-state index contributed by atoms with van der Waals surface area (Å²) in [5, 5.41) is 5.48. The second-order valence-electron chi connectivity index (χ2n) is 4.11. The summed E-state index contributed by atoms with van der Waals surface area (Å²) >= 11 is 0. The lowest BCUT2D eigenvalue weighted by atomic mass is 10.1. The van der Waals surface area contributed by atoms with E-state index in [1.165, 1.54) is 6.20 Å². The van der Waals surface area contributed by atoms with Gasteiger partial charge in [0.05, 0.1) is 0 Å². The summed E-state index contributed by atoms with van der Waals surface area (Å²) < 4.78 is 0. The Morgan fingerprint density at radius 2 is 2.00 bits per heavy atom. The Labute approximate surface area is 108 Å². The van der Waals surface area contributed by atoms with Crippen LogP contribution in [0.1, 0.15) is 32.6 Å². The normalized spacial score (nSPS) is 13.4. The molecule has 0 aromatic heterocycles. The molecule has 104 valence electrons. The molecule has 2 atom stereocenters. The maximum atomic E-state index is 12.0. The zero-order valence-electron chi connectivity index (χ0n) is 10.9. The van der Waals surface area contributed by atoms with Gasteiger partial charge in [0, 0.05) is 0 Å². The first-order valence-corrected chi connectivity index (χ1v) is 6.23. The van der Waals surface area contributed by atoms with Crippen molar-refractivity contribution in [3.05, 3.63) is 12.8 Å². The van der Waals surface area contributed by atoms with Gasteiger partial charge in [-0.2, -0.15) is 0 Å². The third kappa shape index (κ3) is 6.24. The first-order valence-electron chi connectivity index (χ1n) is 6.23. The van der Waals surface area contributed by atoms with Crippen molar-refractivity contribution in [1.29, 1.82) is 0 Å². The number of carbonyl (C=O) groups excluding carboxylic acids is 2. The molecule has 18 heavy (non-hydrogen) atoms. The number of nitrogens with two attached hydrogens (primary N) is 2. The fraction of sp³-hybridized carbons (Fsp3) is 0.667. The van der Waals surface area contributed by atoms with Gasteiger partial charge in [-0.05, 0) is 25.6 Å². The molecule has 0 rings (SSSR count). The van der Waals surface area contributed by atoms with Crippen molar-refractivity contribution in [2.75, 3.05) is 6.54 Å². The minimum atomic E-state index is -0.710. The van der Waals surface area contributed by atoms with Crippen LogP contribution in [-0.4, -0.2) is 30.4 Å². The summed E-state index contributed by atoms with van der Waals surface area (Å²) in [6, 6.07) is -1.10. The van der Waals surface area contributed by atoms with Gasteiger partial charge in [0.15, 0.2) is 0 Å². The number of rotatable bonds is 10. The van der Waals surface area contributed by atoms with E-state index < -0.39 is 11.9 Å². The molecular formula is C12H24N4O2. The number of hydrogen-bond donors (Lipinski definition) is 4. The Bertz CT molecular complexity index is 281. The van der Waals surface area contributed by atoms with Crippen LogP contribution in [0.25, 0.3) is 0 Å². The standard InChI is InChI=1S/C12H24N4O2/c1-3-5-6-10(15-4-2)12(18)16-9(7-8-13)11(14)17/h4,9-10,15H,2-3,5-8,13H2,1H3,(H2,14,17)(H,16,18). The Morgan fingerprint density at radius 3 is 2.44 bits per heavy atom. The highest BCUT2D eigenvalue weighted by Crippen LogP contribution is 2.02. The lowest BCUT2D eigenvalue weighted by Crippen LogP contribution is -2.51. The molecule has 6 heteroatoms. The molecule has 0 aliphatic heterocycles. The quantitative estimate of drug-likeness (QED) is 0.426. The Kier molecular flexibility index (Phi) is 8.65. The van der Waals surface area contributed by atoms with E-state index in [2.05, 4.69) is 17.2 Å². The lowest BCUT2D eigenvalue weighted by molar-refractivity contribution is -0.128. The highest BCUT2D eigenvalue weighted by atomic mass is 16.2. The van der Waals surface area contributed by atoms with Crippen LogP contribution in [0.3, 0.4) is 0 Å². The van der Waals surface area contributed by atoms with Crippen molar-refractivity contribution in [3.63, 3.8) is 0 Å². The molecule has 0 aliphatic carbocycles. The summed E-state index contributed by atoms with van der Waals surface area (Å²) in [5.74, 6) is -0.817. The van der Waals surface area contributed by atoms with Crippen molar-refractivity contribution in [3.8, 4) is 0 Å². The molecule has 0 aromatic rings. The monoisotopic (exact) mass is 256 g/mol. The molecule has 2 amide bonds. The van der Waals surface area contributed by atoms with E-state index in [1.54, 1.807) is 0 Å². The van der Waals surface area contributed by atoms with Crippen molar-refractivity contribution < 1.29 is 9.59 Å². The van der Waals surface area contributed by atoms with E-state index in [-0.39, 0.29) is 11.9 Å². The molecule has 0 saturated carbocycles. The molecule has 0 bridgehead atoms. The second kappa shape index (κ2) is 9.47. The minimum Gasteiger partial charge on any atom is -0.380 e. The molecule has 2 unspecified atom stereocenters. The second-order valence-corrected chi connectivity index (χ2v) is 4.11. The van der Waals surface area contributed by atoms with Crippen LogP contribution >= 0.6 is 0 Å². The van der Waals surface area contributed by atoms with Gasteiger partial charge in [-0.25, -0.2) is 0 Å². The van der Waals surface area contributed by atoms with E-state index in [9.17, 15) is 9.59 Å². The molecule has 0 aromatic carbocycles. The molecule has 6 nitrogen and oxygen atoms in total. The number of unbranched alkanes of at least 4 members (excludes halogenated alkanes) is 1. The van der Waals surface area contributed by atoms with Crippen LogP contribution < -0.4 is 22.1 Å². The van der Waals surface area contributed by atoms with Crippen LogP contribution in [0.2, 0.25) is 0 Å². The number of primary amides is 1. The highest BCUT2D eigenvalue weighted by molar-refractivity contribution is 5.89. The molecule has 0 saturated heterocycles. The zero-order valence-corrected chi connectivity index (χ0v) is 10.9. The van der Waals surface area contributed by atoms with Gasteiger partial charge in [0.2, 0.25) is 11.8 Å². The molecule has 6 N–H and O–H groups in total. The zero-order chi connectivity index (χ0) is 14.0. The smallest absolute Gasteiger partial charge is 0.243 e. The van der Waals surface area contributed by atoms with Crippen LogP contribution in [0, 0.1) is 0 Å². The average Bonchev–Trinajstić information content (AvgIpc) is 2.33. The van der Waals surface area contributed by atoms with Crippen LogP contribution in [0.15, 0.2) is 12.8 Å². The maximum Gasteiger partial charge on any atom is 0.243 e. The summed E-state index contributed by atoms with van der Waals surface area (Å²) in [6.45, 7) is 5.88. The SMILES string of the molecule is C=CNC(CCCC)C(=O)NC(CCN)C(N)=O. The maximum absolute atomic E-state index is 12.0. The van der Waals surface area contributed by atoms with Crippen molar-refractivity contribution in [2.24, 2.45) is 11.5 Å². The van der Waals surface area contributed by atoms with Crippen LogP contribution in [0.5, 0.6) is 0 Å². The van der Waals surface area contributed by atoms with Crippen LogP contribution in [-0.2, 0) is 9.59 Å². The summed E-state index contributed by atoms with van der Waals surface area (Å²) in [5.41, 5.74) is 10.6. The van der Waals surface area contributed by atoms with Gasteiger partial charge >= 0.3 is 0 Å². The van der Waals surface area contributed by atoms with E-state index in [0.29, 0.717) is 19.4 Å². The van der Waals surface area contributed by atoms with Crippen molar-refractivity contribution >= 4 is 11.8 Å². The Morgan fingerprint density at radius 1 is 1.33 bits per heavy atom. The van der Waals surface area contributed by atoms with E-state index >= 15 is 0 Å². The topological polar surface area (TPSA) is 110 Å². The van der Waals surface area contributed by atoms with Crippen LogP contribution in [0.4, 0.5) is 0 Å². The molecule has 0 aliphatic rings. The molecule has 0 heterocycles. The largest absolute Gasteiger partial charge is 0.380 e. The number of hydrogen-bond acceptors (Lipinski definition) is 4. The summed E-state index contributed by atoms with van der Waals surface area (Å²) in [7, 11) is 0. The van der Waals surface area contributed by atoms with Gasteiger partial charge in [-0.1, -0.05) is 26.3 Å². The predicted molar refractivity (Wildman–Crippen MR) is 71.4 cm³/mol. The summed E-state index contributed by atoms with van der Waals surface area (Å²) in [6.07, 6.45) is 4.40. The fourth-order valence-electron chi connectivity index (χ4n) is 1.57. The minimum absolute atomic E-state index is 0.249. The summed E-state index contributed by atoms with van der Waals surface area (Å²) in [4.78, 5) is 23.1. The first-order chi connectivity index (χ1) is 8.56. The van der Waals surface area contributed by atoms with E-state index in [1.807, 2.05) is 6.92 Å². The molecule has 0 fully saturated rings. The number of nitrogens with one attached hydrogen (secondary N) is 2. The highest BCUT2D eigenvalue weighted by Gasteiger charge is 2.22. The van der Waals surface area contributed by atoms with Gasteiger partial charge in [-0.15, -0.1) is 0 Å². The third-order valence-electron chi connectivity index (χ3n) is 2.60. The number of carbonyl (C=O) groups is 2. The van der Waals surface area contributed by atoms with E-state index in [0.717, 1.165) is 12.8 Å². The molecule has 0 spiro atoms. The van der Waals surface area contributed by atoms with E-state index in [4.69, 9.17) is 11.5 Å². The molecular weight excluding hydrogens is 232 g/mol. The van der Waals surface area contributed by atoms with Crippen molar-refractivity contribution in [1.82, 2.24) is 10.6 Å². The molecule has 0 radical (unpaired) electrons. The predicted octanol–water partition coefficient (Wildman–Crippen LogP) is -0.403. The van der Waals surface area contributed by atoms with Gasteiger partial charge in [-0.3, -0.25) is 9.59 Å². The lowest BCUT2D eigenvalue weighted by Gasteiger charge is -2.20. The van der Waals surface area contributed by atoms with Crippen molar-refractivity contribution in [2.45, 2.75) is 44.7 Å². The Hall–Kier alpha value is -1.56.